The number of carbonyl (C=O) groups excluding carboxylic acids is 1. The second-order valence-corrected chi connectivity index (χ2v) is 5.15. The van der Waals surface area contributed by atoms with E-state index in [-0.39, 0.29) is 24.5 Å². The van der Waals surface area contributed by atoms with E-state index in [1.54, 1.807) is 0 Å². The third-order valence-electron chi connectivity index (χ3n) is 3.34. The van der Waals surface area contributed by atoms with E-state index in [4.69, 9.17) is 9.84 Å². The van der Waals surface area contributed by atoms with Crippen LogP contribution in [0.3, 0.4) is 0 Å². The van der Waals surface area contributed by atoms with Gasteiger partial charge in [0.25, 0.3) is 0 Å². The fraction of sp³-hybridized carbons (Fsp3) is 0.438. The smallest absolute Gasteiger partial charge is 0.223 e. The lowest BCUT2D eigenvalue weighted by atomic mass is 10.1. The number of aliphatic hydroxyl groups excluding tert-OH is 1. The van der Waals surface area contributed by atoms with Gasteiger partial charge in [0, 0.05) is 18.6 Å². The zero-order chi connectivity index (χ0) is 14.4. The van der Waals surface area contributed by atoms with E-state index in [9.17, 15) is 4.79 Å². The summed E-state index contributed by atoms with van der Waals surface area (Å²) in [7, 11) is 0. The Bertz CT molecular complexity index is 484. The van der Waals surface area contributed by atoms with Gasteiger partial charge in [-0.25, -0.2) is 0 Å². The first kappa shape index (κ1) is 14.6. The van der Waals surface area contributed by atoms with Crippen LogP contribution in [-0.4, -0.2) is 30.3 Å². The van der Waals surface area contributed by atoms with Crippen molar-refractivity contribution in [3.8, 4) is 5.75 Å². The summed E-state index contributed by atoms with van der Waals surface area (Å²) in [6.45, 7) is 2.51. The Hall–Kier alpha value is -1.81. The van der Waals surface area contributed by atoms with E-state index in [0.717, 1.165) is 17.7 Å². The molecule has 0 saturated carbocycles. The molecule has 0 bridgehead atoms. The predicted molar refractivity (Wildman–Crippen MR) is 77.6 cm³/mol. The molecule has 108 valence electrons. The molecule has 4 heteroatoms. The Morgan fingerprint density at radius 1 is 1.45 bits per heavy atom. The molecule has 1 aromatic carbocycles. The number of carbonyl (C=O) groups is 1. The summed E-state index contributed by atoms with van der Waals surface area (Å²) < 4.78 is 5.55. The maximum atomic E-state index is 11.8. The summed E-state index contributed by atoms with van der Waals surface area (Å²) in [5.41, 5.74) is 1.14. The van der Waals surface area contributed by atoms with Gasteiger partial charge in [0.2, 0.25) is 5.91 Å². The number of hydrogen-bond acceptors (Lipinski definition) is 3. The Labute approximate surface area is 119 Å². The highest BCUT2D eigenvalue weighted by Gasteiger charge is 2.19. The van der Waals surface area contributed by atoms with Crippen molar-refractivity contribution < 1.29 is 14.6 Å². The van der Waals surface area contributed by atoms with Gasteiger partial charge in [-0.1, -0.05) is 24.3 Å². The second kappa shape index (κ2) is 7.10. The Balaban J connectivity index is 1.67. The van der Waals surface area contributed by atoms with Gasteiger partial charge >= 0.3 is 0 Å². The molecule has 0 heterocycles. The average molecular weight is 275 g/mol. The standard InChI is InChI=1S/C16H21NO3/c1-12-3-2-4-15(9-12)20-8-7-16(19)17-14-6-5-13(10-14)11-18/h2-6,9,13-14,18H,7-8,10-11H2,1H3,(H,17,19)/t13-,14+/m0/s1. The maximum Gasteiger partial charge on any atom is 0.223 e. The molecule has 0 radical (unpaired) electrons. The minimum absolute atomic E-state index is 0.0223. The summed E-state index contributed by atoms with van der Waals surface area (Å²) in [5.74, 6) is 0.939. The van der Waals surface area contributed by atoms with E-state index < -0.39 is 0 Å². The van der Waals surface area contributed by atoms with Crippen LogP contribution < -0.4 is 10.1 Å². The predicted octanol–water partition coefficient (Wildman–Crippen LogP) is 1.82. The minimum Gasteiger partial charge on any atom is -0.493 e. The molecule has 0 aliphatic heterocycles. The van der Waals surface area contributed by atoms with Crippen molar-refractivity contribution in [2.24, 2.45) is 5.92 Å². The second-order valence-electron chi connectivity index (χ2n) is 5.15. The fourth-order valence-corrected chi connectivity index (χ4v) is 2.26. The number of benzene rings is 1. The van der Waals surface area contributed by atoms with Gasteiger partial charge in [-0.05, 0) is 31.0 Å². The monoisotopic (exact) mass is 275 g/mol. The van der Waals surface area contributed by atoms with Crippen LogP contribution in [0.5, 0.6) is 5.75 Å². The van der Waals surface area contributed by atoms with E-state index in [1.807, 2.05) is 43.3 Å². The molecule has 4 nitrogen and oxygen atoms in total. The Kier molecular flexibility index (Phi) is 5.18. The molecule has 2 rings (SSSR count). The molecule has 1 aromatic rings. The van der Waals surface area contributed by atoms with Crippen LogP contribution in [0.2, 0.25) is 0 Å². The van der Waals surface area contributed by atoms with E-state index in [0.29, 0.717) is 13.0 Å². The van der Waals surface area contributed by atoms with Crippen LogP contribution in [0.1, 0.15) is 18.4 Å². The molecule has 0 spiro atoms. The highest BCUT2D eigenvalue weighted by atomic mass is 16.5. The number of ether oxygens (including phenoxy) is 1. The lowest BCUT2D eigenvalue weighted by Crippen LogP contribution is -2.33. The average Bonchev–Trinajstić information content (AvgIpc) is 2.86. The third kappa shape index (κ3) is 4.38. The Morgan fingerprint density at radius 3 is 3.00 bits per heavy atom. The maximum absolute atomic E-state index is 11.8. The molecule has 0 saturated heterocycles. The highest BCUT2D eigenvalue weighted by molar-refractivity contribution is 5.76. The van der Waals surface area contributed by atoms with Gasteiger partial charge in [-0.2, -0.15) is 0 Å². The lowest BCUT2D eigenvalue weighted by molar-refractivity contribution is -0.122. The van der Waals surface area contributed by atoms with Crippen molar-refractivity contribution in [1.82, 2.24) is 5.32 Å². The van der Waals surface area contributed by atoms with Crippen molar-refractivity contribution in [3.63, 3.8) is 0 Å². The van der Waals surface area contributed by atoms with Gasteiger partial charge in [0.05, 0.1) is 13.0 Å². The van der Waals surface area contributed by atoms with Crippen LogP contribution in [0.4, 0.5) is 0 Å². The zero-order valence-corrected chi connectivity index (χ0v) is 11.7. The van der Waals surface area contributed by atoms with Crippen molar-refractivity contribution in [1.29, 1.82) is 0 Å². The SMILES string of the molecule is Cc1cccc(OCCC(=O)N[C@@H]2C=C[C@H](CO)C2)c1. The van der Waals surface area contributed by atoms with Crippen LogP contribution in [0, 0.1) is 12.8 Å². The number of aliphatic hydroxyl groups is 1. The summed E-state index contributed by atoms with van der Waals surface area (Å²) in [4.78, 5) is 11.8. The van der Waals surface area contributed by atoms with Crippen LogP contribution >= 0.6 is 0 Å². The molecule has 20 heavy (non-hydrogen) atoms. The number of nitrogens with one attached hydrogen (secondary N) is 1. The summed E-state index contributed by atoms with van der Waals surface area (Å²) in [6.07, 6.45) is 5.01. The summed E-state index contributed by atoms with van der Waals surface area (Å²) in [6, 6.07) is 7.81. The molecule has 1 amide bonds. The molecule has 0 unspecified atom stereocenters. The largest absolute Gasteiger partial charge is 0.493 e. The molecular formula is C16H21NO3. The van der Waals surface area contributed by atoms with Gasteiger partial charge in [0.15, 0.2) is 0 Å². The first-order chi connectivity index (χ1) is 9.67. The van der Waals surface area contributed by atoms with Gasteiger partial charge in [-0.15, -0.1) is 0 Å². The normalized spacial score (nSPS) is 20.9. The topological polar surface area (TPSA) is 58.6 Å². The zero-order valence-electron chi connectivity index (χ0n) is 11.7. The first-order valence-electron chi connectivity index (χ1n) is 6.95. The van der Waals surface area contributed by atoms with Crippen LogP contribution in [-0.2, 0) is 4.79 Å². The van der Waals surface area contributed by atoms with Crippen molar-refractivity contribution >= 4 is 5.91 Å². The number of hydrogen-bond donors (Lipinski definition) is 2. The van der Waals surface area contributed by atoms with E-state index in [2.05, 4.69) is 5.32 Å². The number of rotatable bonds is 6. The van der Waals surface area contributed by atoms with Gasteiger partial charge in [0.1, 0.15) is 5.75 Å². The molecule has 1 aliphatic rings. The summed E-state index contributed by atoms with van der Waals surface area (Å²) >= 11 is 0. The minimum atomic E-state index is -0.0223. The van der Waals surface area contributed by atoms with Crippen LogP contribution in [0.15, 0.2) is 36.4 Å². The molecule has 2 N–H and O–H groups in total. The quantitative estimate of drug-likeness (QED) is 0.779. The van der Waals surface area contributed by atoms with Crippen molar-refractivity contribution in [2.45, 2.75) is 25.8 Å². The highest BCUT2D eigenvalue weighted by Crippen LogP contribution is 2.17. The van der Waals surface area contributed by atoms with E-state index in [1.165, 1.54) is 0 Å². The van der Waals surface area contributed by atoms with E-state index >= 15 is 0 Å². The third-order valence-corrected chi connectivity index (χ3v) is 3.34. The van der Waals surface area contributed by atoms with Gasteiger partial charge < -0.3 is 15.2 Å². The van der Waals surface area contributed by atoms with Crippen molar-refractivity contribution in [3.05, 3.63) is 42.0 Å². The molecule has 2 atom stereocenters. The molecular weight excluding hydrogens is 254 g/mol. The van der Waals surface area contributed by atoms with Crippen LogP contribution in [0.25, 0.3) is 0 Å². The number of amides is 1. The first-order valence-corrected chi connectivity index (χ1v) is 6.95. The lowest BCUT2D eigenvalue weighted by Gasteiger charge is -2.13. The molecule has 1 aliphatic carbocycles. The molecule has 0 fully saturated rings. The van der Waals surface area contributed by atoms with Crippen molar-refractivity contribution in [2.75, 3.05) is 13.2 Å². The van der Waals surface area contributed by atoms with Gasteiger partial charge in [-0.3, -0.25) is 4.79 Å². The summed E-state index contributed by atoms with van der Waals surface area (Å²) in [5, 5.41) is 11.9. The molecule has 0 aromatic heterocycles. The Morgan fingerprint density at radius 2 is 2.30 bits per heavy atom. The number of aryl methyl sites for hydroxylation is 1. The fourth-order valence-electron chi connectivity index (χ4n) is 2.26.